The first-order chi connectivity index (χ1) is 20.1. The molecule has 0 saturated carbocycles. The summed E-state index contributed by atoms with van der Waals surface area (Å²) in [5.74, 6) is -0.646. The molecule has 0 aliphatic carbocycles. The molecule has 0 atom stereocenters. The normalized spacial score (nSPS) is 13.4. The lowest BCUT2D eigenvalue weighted by atomic mass is 9.96. The number of pyridine rings is 1. The highest BCUT2D eigenvalue weighted by atomic mass is 16.5. The van der Waals surface area contributed by atoms with E-state index < -0.39 is 5.97 Å². The molecule has 2 amide bonds. The third kappa shape index (κ3) is 5.90. The number of fused-ring (bicyclic) bond motifs is 1. The van der Waals surface area contributed by atoms with Gasteiger partial charge in [-0.25, -0.2) is 9.78 Å². The quantitative estimate of drug-likeness (QED) is 0.207. The van der Waals surface area contributed by atoms with Gasteiger partial charge in [0.05, 0.1) is 17.4 Å². The SMILES string of the molecule is C=CC(=O)Nc1cc(-c2c(-c3cccc(N4CCN(C(C)=O)CC4)c3)[nH]c3ncc(C(=O)OC(C)C)cc23)ccc1C.[HH].[HH]. The molecular formula is C33H39N5O4. The predicted octanol–water partition coefficient (Wildman–Crippen LogP) is 6.06. The summed E-state index contributed by atoms with van der Waals surface area (Å²) in [4.78, 5) is 49.0. The maximum atomic E-state index is 12.8. The molecule has 2 aromatic heterocycles. The Hall–Kier alpha value is -4.92. The van der Waals surface area contributed by atoms with Crippen molar-refractivity contribution in [3.05, 3.63) is 78.5 Å². The Morgan fingerprint density at radius 1 is 1.07 bits per heavy atom. The highest BCUT2D eigenvalue weighted by molar-refractivity contribution is 6.06. The van der Waals surface area contributed by atoms with E-state index in [4.69, 9.17) is 4.74 Å². The Kier molecular flexibility index (Phi) is 8.10. The van der Waals surface area contributed by atoms with Gasteiger partial charge in [-0.15, -0.1) is 0 Å². The van der Waals surface area contributed by atoms with Crippen molar-refractivity contribution >= 4 is 40.2 Å². The number of nitrogens with zero attached hydrogens (tertiary/aromatic N) is 3. The number of anilines is 2. The minimum atomic E-state index is -0.442. The highest BCUT2D eigenvalue weighted by Gasteiger charge is 2.22. The van der Waals surface area contributed by atoms with Crippen molar-refractivity contribution in [2.24, 2.45) is 0 Å². The van der Waals surface area contributed by atoms with Crippen molar-refractivity contribution in [2.75, 3.05) is 36.4 Å². The molecule has 5 rings (SSSR count). The van der Waals surface area contributed by atoms with Gasteiger partial charge in [0, 0.05) is 70.0 Å². The molecule has 0 spiro atoms. The van der Waals surface area contributed by atoms with E-state index in [-0.39, 0.29) is 20.8 Å². The van der Waals surface area contributed by atoms with E-state index in [0.29, 0.717) is 30.0 Å². The smallest absolute Gasteiger partial charge is 0.339 e. The number of amides is 2. The number of ether oxygens (including phenoxy) is 1. The summed E-state index contributed by atoms with van der Waals surface area (Å²) in [6.07, 6.45) is 2.50. The first kappa shape index (κ1) is 28.6. The van der Waals surface area contributed by atoms with Crippen LogP contribution in [0.15, 0.2) is 67.4 Å². The summed E-state index contributed by atoms with van der Waals surface area (Å²) in [7, 11) is 0. The van der Waals surface area contributed by atoms with Gasteiger partial charge >= 0.3 is 5.97 Å². The van der Waals surface area contributed by atoms with Gasteiger partial charge in [0.1, 0.15) is 5.65 Å². The van der Waals surface area contributed by atoms with Crippen LogP contribution in [0.5, 0.6) is 0 Å². The number of benzene rings is 2. The molecule has 4 aromatic rings. The molecule has 1 saturated heterocycles. The van der Waals surface area contributed by atoms with Crippen LogP contribution in [0, 0.1) is 6.92 Å². The van der Waals surface area contributed by atoms with Crippen molar-refractivity contribution in [2.45, 2.75) is 33.8 Å². The van der Waals surface area contributed by atoms with Crippen molar-refractivity contribution in [1.29, 1.82) is 0 Å². The fraction of sp³-hybridized carbons (Fsp3) is 0.273. The monoisotopic (exact) mass is 569 g/mol. The molecule has 220 valence electrons. The predicted molar refractivity (Wildman–Crippen MR) is 170 cm³/mol. The number of aromatic nitrogens is 2. The first-order valence-electron chi connectivity index (χ1n) is 14.0. The number of nitrogens with one attached hydrogen (secondary N) is 2. The number of piperazine rings is 1. The standard InChI is InChI=1S/C33H35N5O4.2H2/c1-6-29(40)35-28-18-23(11-10-21(28)4)30-27-17-25(33(41)42-20(2)3)19-34-32(27)36-31(30)24-8-7-9-26(16-24)38-14-12-37(13-15-38)22(5)39;;/h6-11,16-20H,1,12-15H2,2-5H3,(H,34,36)(H,35,40);2*1H. The Labute approximate surface area is 248 Å². The molecule has 42 heavy (non-hydrogen) atoms. The fourth-order valence-corrected chi connectivity index (χ4v) is 5.21. The van der Waals surface area contributed by atoms with Crippen LogP contribution >= 0.6 is 0 Å². The molecule has 9 nitrogen and oxygen atoms in total. The maximum absolute atomic E-state index is 12.8. The number of rotatable bonds is 7. The molecule has 9 heteroatoms. The average Bonchev–Trinajstić information content (AvgIpc) is 3.37. The number of carbonyl (C=O) groups is 3. The molecule has 0 bridgehead atoms. The largest absolute Gasteiger partial charge is 0.459 e. The van der Waals surface area contributed by atoms with Crippen LogP contribution in [0.1, 0.15) is 39.5 Å². The lowest BCUT2D eigenvalue weighted by Crippen LogP contribution is -2.48. The Morgan fingerprint density at radius 2 is 1.83 bits per heavy atom. The number of carbonyl (C=O) groups excluding carboxylic acids is 3. The van der Waals surface area contributed by atoms with E-state index in [9.17, 15) is 14.4 Å². The highest BCUT2D eigenvalue weighted by Crippen LogP contribution is 2.40. The lowest BCUT2D eigenvalue weighted by Gasteiger charge is -2.35. The maximum Gasteiger partial charge on any atom is 0.339 e. The van der Waals surface area contributed by atoms with Crippen molar-refractivity contribution in [3.63, 3.8) is 0 Å². The average molecular weight is 570 g/mol. The third-order valence-electron chi connectivity index (χ3n) is 7.42. The van der Waals surface area contributed by atoms with E-state index in [0.717, 1.165) is 52.1 Å². The van der Waals surface area contributed by atoms with Crippen LogP contribution in [0.4, 0.5) is 11.4 Å². The van der Waals surface area contributed by atoms with Gasteiger partial charge in [-0.2, -0.15) is 0 Å². The molecule has 1 aliphatic heterocycles. The minimum absolute atomic E-state index is 0. The number of aromatic amines is 1. The number of esters is 1. The van der Waals surface area contributed by atoms with Gasteiger partial charge in [-0.1, -0.05) is 30.8 Å². The van der Waals surface area contributed by atoms with Crippen LogP contribution in [0.2, 0.25) is 0 Å². The molecule has 3 heterocycles. The minimum Gasteiger partial charge on any atom is -0.459 e. The van der Waals surface area contributed by atoms with Gasteiger partial charge in [0.2, 0.25) is 11.8 Å². The molecular weight excluding hydrogens is 530 g/mol. The molecule has 0 unspecified atom stereocenters. The topological polar surface area (TPSA) is 108 Å². The Bertz CT molecular complexity index is 1690. The van der Waals surface area contributed by atoms with Gasteiger partial charge < -0.3 is 24.8 Å². The van der Waals surface area contributed by atoms with Gasteiger partial charge in [0.15, 0.2) is 0 Å². The van der Waals surface area contributed by atoms with Crippen LogP contribution in [-0.2, 0) is 14.3 Å². The van der Waals surface area contributed by atoms with Gasteiger partial charge in [-0.05, 0) is 62.2 Å². The van der Waals surface area contributed by atoms with E-state index in [1.807, 2.05) is 56.0 Å². The molecule has 0 radical (unpaired) electrons. The van der Waals surface area contributed by atoms with Crippen molar-refractivity contribution < 1.29 is 22.0 Å². The van der Waals surface area contributed by atoms with E-state index in [1.54, 1.807) is 13.0 Å². The van der Waals surface area contributed by atoms with Gasteiger partial charge in [0.25, 0.3) is 0 Å². The first-order valence-corrected chi connectivity index (χ1v) is 14.0. The zero-order chi connectivity index (χ0) is 30.0. The van der Waals surface area contributed by atoms with Crippen LogP contribution in [0.3, 0.4) is 0 Å². The number of H-pyrrole nitrogens is 1. The lowest BCUT2D eigenvalue weighted by molar-refractivity contribution is -0.129. The molecule has 1 fully saturated rings. The van der Waals surface area contributed by atoms with Crippen LogP contribution < -0.4 is 10.2 Å². The van der Waals surface area contributed by atoms with Gasteiger partial charge in [-0.3, -0.25) is 9.59 Å². The summed E-state index contributed by atoms with van der Waals surface area (Å²) >= 11 is 0. The number of hydrogen-bond acceptors (Lipinski definition) is 6. The van der Waals surface area contributed by atoms with E-state index >= 15 is 0 Å². The Morgan fingerprint density at radius 3 is 2.52 bits per heavy atom. The Balaban J connectivity index is 0.00000264. The number of aryl methyl sites for hydroxylation is 1. The van der Waals surface area contributed by atoms with Crippen molar-refractivity contribution in [1.82, 2.24) is 14.9 Å². The molecule has 1 aliphatic rings. The second kappa shape index (κ2) is 11.9. The summed E-state index contributed by atoms with van der Waals surface area (Å²) in [5, 5.41) is 3.65. The summed E-state index contributed by atoms with van der Waals surface area (Å²) < 4.78 is 5.44. The van der Waals surface area contributed by atoms with E-state index in [2.05, 4.69) is 38.9 Å². The van der Waals surface area contributed by atoms with Crippen LogP contribution in [0.25, 0.3) is 33.4 Å². The summed E-state index contributed by atoms with van der Waals surface area (Å²) in [5.41, 5.74) is 7.07. The third-order valence-corrected chi connectivity index (χ3v) is 7.42. The van der Waals surface area contributed by atoms with Crippen LogP contribution in [-0.4, -0.2) is 64.9 Å². The molecule has 2 aromatic carbocycles. The van der Waals surface area contributed by atoms with Crippen molar-refractivity contribution in [3.8, 4) is 22.4 Å². The summed E-state index contributed by atoms with van der Waals surface area (Å²) in [6, 6.07) is 15.9. The van der Waals surface area contributed by atoms with E-state index in [1.165, 1.54) is 12.3 Å². The second-order valence-electron chi connectivity index (χ2n) is 10.7. The zero-order valence-corrected chi connectivity index (χ0v) is 24.4. The summed E-state index contributed by atoms with van der Waals surface area (Å²) in [6.45, 7) is 13.6. The number of hydrogen-bond donors (Lipinski definition) is 2. The molecule has 2 N–H and O–H groups in total. The zero-order valence-electron chi connectivity index (χ0n) is 24.4. The fourth-order valence-electron chi connectivity index (χ4n) is 5.21. The second-order valence-corrected chi connectivity index (χ2v) is 10.7.